The Hall–Kier alpha value is -1.94. The summed E-state index contributed by atoms with van der Waals surface area (Å²) < 4.78 is 5.21. The molecule has 0 spiro atoms. The Morgan fingerprint density at radius 3 is 2.43 bits per heavy atom. The number of hydrogen-bond acceptors (Lipinski definition) is 3. The van der Waals surface area contributed by atoms with Gasteiger partial charge in [0.25, 0.3) is 0 Å². The number of methoxy groups -OCH3 is 1. The molecule has 3 rings (SSSR count). The first-order chi connectivity index (χ1) is 10.3. The van der Waals surface area contributed by atoms with Gasteiger partial charge < -0.3 is 4.74 Å². The second-order valence-corrected chi connectivity index (χ2v) is 6.33. The largest absolute Gasteiger partial charge is 0.497 e. The van der Waals surface area contributed by atoms with E-state index >= 15 is 0 Å². The maximum Gasteiger partial charge on any atom is 0.303 e. The summed E-state index contributed by atoms with van der Waals surface area (Å²) in [5, 5.41) is 1.18. The smallest absolute Gasteiger partial charge is 0.303 e. The Balaban J connectivity index is 1.84. The van der Waals surface area contributed by atoms with Crippen LogP contribution in [0, 0.1) is 0 Å². The fourth-order valence-corrected chi connectivity index (χ4v) is 3.71. The fraction of sp³-hybridized carbons (Fsp3) is 0.235. The van der Waals surface area contributed by atoms with Gasteiger partial charge in [-0.3, -0.25) is 10.7 Å². The van der Waals surface area contributed by atoms with E-state index in [1.807, 2.05) is 18.2 Å². The number of thioether (sulfide) groups is 1. The van der Waals surface area contributed by atoms with E-state index in [-0.39, 0.29) is 6.04 Å². The van der Waals surface area contributed by atoms with Crippen LogP contribution < -0.4 is 15.5 Å². The molecule has 4 heteroatoms. The van der Waals surface area contributed by atoms with Crippen molar-refractivity contribution in [2.24, 2.45) is 5.73 Å². The highest BCUT2D eigenvalue weighted by Crippen LogP contribution is 2.37. The van der Waals surface area contributed by atoms with Crippen molar-refractivity contribution in [1.82, 2.24) is 0 Å². The Labute approximate surface area is 129 Å². The highest BCUT2D eigenvalue weighted by Gasteiger charge is 2.28. The summed E-state index contributed by atoms with van der Waals surface area (Å²) in [4.78, 5) is 3.39. The van der Waals surface area contributed by atoms with Crippen LogP contribution in [-0.2, 0) is 0 Å². The van der Waals surface area contributed by atoms with E-state index in [9.17, 15) is 0 Å². The van der Waals surface area contributed by atoms with E-state index in [4.69, 9.17) is 10.5 Å². The number of hydrogen-bond donors (Lipinski definition) is 2. The zero-order valence-electron chi connectivity index (χ0n) is 12.0. The number of nitrogens with one attached hydrogen (secondary N) is 1. The molecule has 3 N–H and O–H groups in total. The molecule has 108 valence electrons. The first-order valence-corrected chi connectivity index (χ1v) is 7.89. The van der Waals surface area contributed by atoms with Crippen molar-refractivity contribution in [2.75, 3.05) is 7.11 Å². The number of benzene rings is 2. The van der Waals surface area contributed by atoms with Gasteiger partial charge in [0.2, 0.25) is 0 Å². The summed E-state index contributed by atoms with van der Waals surface area (Å²) in [6.45, 7) is 0. The monoisotopic (exact) mass is 299 g/mol. The number of amidine groups is 1. The molecule has 3 nitrogen and oxygen atoms in total. The Bertz CT molecular complexity index is 625. The molecule has 2 aromatic carbocycles. The Kier molecular flexibility index (Phi) is 4.15. The van der Waals surface area contributed by atoms with Crippen molar-refractivity contribution >= 4 is 16.9 Å². The van der Waals surface area contributed by atoms with Crippen molar-refractivity contribution in [1.29, 1.82) is 0 Å². The minimum atomic E-state index is 0.238. The van der Waals surface area contributed by atoms with Gasteiger partial charge in [0.15, 0.2) is 0 Å². The molecule has 0 unspecified atom stereocenters. The van der Waals surface area contributed by atoms with Crippen LogP contribution in [0.3, 0.4) is 0 Å². The molecule has 1 heterocycles. The molecule has 0 amide bonds. The van der Waals surface area contributed by atoms with Crippen molar-refractivity contribution in [3.8, 4) is 5.75 Å². The highest BCUT2D eigenvalue weighted by atomic mass is 32.2. The average Bonchev–Trinajstić information content (AvgIpc) is 2.55. The lowest BCUT2D eigenvalue weighted by Crippen LogP contribution is -2.77. The van der Waals surface area contributed by atoms with E-state index in [0.29, 0.717) is 5.25 Å². The van der Waals surface area contributed by atoms with E-state index in [1.165, 1.54) is 11.1 Å². The van der Waals surface area contributed by atoms with E-state index < -0.39 is 0 Å². The van der Waals surface area contributed by atoms with Gasteiger partial charge in [-0.05, 0) is 35.0 Å². The van der Waals surface area contributed by atoms with E-state index in [0.717, 1.165) is 17.3 Å². The SMILES string of the molecule is COc1ccc([C@@H]2C[C@H](c3ccccc3)SC(N)=[NH+]2)cc1. The van der Waals surface area contributed by atoms with Gasteiger partial charge in [0, 0.05) is 11.7 Å². The minimum absolute atomic E-state index is 0.238. The molecule has 0 bridgehead atoms. The standard InChI is InChI=1S/C17H18N2OS/c1-20-14-9-7-12(8-10-14)15-11-16(21-17(18)19-15)13-5-3-2-4-6-13/h2-10,15-16H,11H2,1H3,(H2,18,19)/p+1/t15-,16+/m0/s1. The van der Waals surface area contributed by atoms with Crippen LogP contribution in [0.4, 0.5) is 0 Å². The predicted octanol–water partition coefficient (Wildman–Crippen LogP) is 2.01. The molecule has 21 heavy (non-hydrogen) atoms. The molecule has 0 aromatic heterocycles. The highest BCUT2D eigenvalue weighted by molar-refractivity contribution is 8.13. The molecule has 2 atom stereocenters. The van der Waals surface area contributed by atoms with E-state index in [1.54, 1.807) is 18.9 Å². The predicted molar refractivity (Wildman–Crippen MR) is 87.3 cm³/mol. The minimum Gasteiger partial charge on any atom is -0.497 e. The van der Waals surface area contributed by atoms with Gasteiger partial charge in [0.1, 0.15) is 11.8 Å². The van der Waals surface area contributed by atoms with Gasteiger partial charge in [-0.15, -0.1) is 0 Å². The van der Waals surface area contributed by atoms with Gasteiger partial charge in [-0.1, -0.05) is 42.5 Å². The summed E-state index contributed by atoms with van der Waals surface area (Å²) in [6, 6.07) is 19.0. The molecule has 1 aliphatic heterocycles. The van der Waals surface area contributed by atoms with E-state index in [2.05, 4.69) is 41.4 Å². The maximum atomic E-state index is 6.09. The maximum absolute atomic E-state index is 6.09. The molecule has 0 radical (unpaired) electrons. The third-order valence-electron chi connectivity index (χ3n) is 3.73. The van der Waals surface area contributed by atoms with Crippen LogP contribution in [0.2, 0.25) is 0 Å². The average molecular weight is 299 g/mol. The quantitative estimate of drug-likeness (QED) is 0.911. The zero-order chi connectivity index (χ0) is 14.7. The Morgan fingerprint density at radius 1 is 1.05 bits per heavy atom. The summed E-state index contributed by atoms with van der Waals surface area (Å²) in [6.07, 6.45) is 1.02. The van der Waals surface area contributed by atoms with Crippen LogP contribution in [0.25, 0.3) is 0 Å². The van der Waals surface area contributed by atoms with Gasteiger partial charge in [-0.2, -0.15) is 0 Å². The summed E-state index contributed by atoms with van der Waals surface area (Å²) >= 11 is 1.70. The van der Waals surface area contributed by atoms with Crippen molar-refractivity contribution in [2.45, 2.75) is 17.7 Å². The number of ether oxygens (including phenoxy) is 1. The second-order valence-electron chi connectivity index (χ2n) is 5.09. The molecule has 0 fully saturated rings. The van der Waals surface area contributed by atoms with Crippen molar-refractivity contribution < 1.29 is 9.73 Å². The summed E-state index contributed by atoms with van der Waals surface area (Å²) in [5.41, 5.74) is 8.65. The van der Waals surface area contributed by atoms with Crippen LogP contribution >= 0.6 is 11.8 Å². The normalized spacial score (nSPS) is 21.7. The van der Waals surface area contributed by atoms with Gasteiger partial charge in [0.05, 0.1) is 7.11 Å². The molecule has 0 saturated carbocycles. The van der Waals surface area contributed by atoms with Crippen LogP contribution in [-0.4, -0.2) is 12.3 Å². The molecule has 1 aliphatic rings. The van der Waals surface area contributed by atoms with Crippen molar-refractivity contribution in [3.63, 3.8) is 0 Å². The number of rotatable bonds is 3. The summed E-state index contributed by atoms with van der Waals surface area (Å²) in [7, 11) is 1.68. The first-order valence-electron chi connectivity index (χ1n) is 7.01. The lowest BCUT2D eigenvalue weighted by atomic mass is 9.98. The zero-order valence-corrected chi connectivity index (χ0v) is 12.8. The topological polar surface area (TPSA) is 49.2 Å². The lowest BCUT2D eigenvalue weighted by Gasteiger charge is -2.23. The van der Waals surface area contributed by atoms with Gasteiger partial charge >= 0.3 is 5.17 Å². The van der Waals surface area contributed by atoms with Crippen molar-refractivity contribution in [3.05, 3.63) is 65.7 Å². The Morgan fingerprint density at radius 2 is 1.76 bits per heavy atom. The number of nitrogens with two attached hydrogens (primary N) is 1. The second kappa shape index (κ2) is 6.22. The van der Waals surface area contributed by atoms with Gasteiger partial charge in [-0.25, -0.2) is 0 Å². The van der Waals surface area contributed by atoms with Crippen LogP contribution in [0.5, 0.6) is 5.75 Å². The van der Waals surface area contributed by atoms with Crippen LogP contribution in [0.15, 0.2) is 54.6 Å². The third kappa shape index (κ3) is 3.22. The molecule has 0 aliphatic carbocycles. The molecular weight excluding hydrogens is 280 g/mol. The lowest BCUT2D eigenvalue weighted by molar-refractivity contribution is -0.511. The third-order valence-corrected chi connectivity index (χ3v) is 4.85. The molecule has 0 saturated heterocycles. The van der Waals surface area contributed by atoms with Crippen LogP contribution in [0.1, 0.15) is 28.8 Å². The molecule has 2 aromatic rings. The fourth-order valence-electron chi connectivity index (χ4n) is 2.61. The molecular formula is C17H19N2OS+. The summed E-state index contributed by atoms with van der Waals surface area (Å²) in [5.74, 6) is 0.875. The first kappa shape index (κ1) is 14.0.